The van der Waals surface area contributed by atoms with E-state index < -0.39 is 0 Å². The van der Waals surface area contributed by atoms with Gasteiger partial charge in [0.2, 0.25) is 0 Å². The summed E-state index contributed by atoms with van der Waals surface area (Å²) in [5, 5.41) is 1.92. The van der Waals surface area contributed by atoms with E-state index in [-0.39, 0.29) is 17.7 Å². The number of thiazole rings is 1. The van der Waals surface area contributed by atoms with Gasteiger partial charge in [0, 0.05) is 24.5 Å². The first-order chi connectivity index (χ1) is 8.25. The molecule has 0 bridgehead atoms. The van der Waals surface area contributed by atoms with Crippen molar-refractivity contribution in [2.45, 2.75) is 12.3 Å². The molecule has 2 unspecified atom stereocenters. The summed E-state index contributed by atoms with van der Waals surface area (Å²) < 4.78 is 7.15. The van der Waals surface area contributed by atoms with Crippen molar-refractivity contribution in [2.75, 3.05) is 0 Å². The molecule has 0 radical (unpaired) electrons. The highest BCUT2D eigenvalue weighted by Gasteiger charge is 2.45. The van der Waals surface area contributed by atoms with Gasteiger partial charge in [-0.05, 0) is 18.6 Å². The number of carbonyl (C=O) groups excluding carboxylic acids is 1. The molecule has 0 saturated heterocycles. The molecule has 1 aliphatic rings. The molecule has 17 heavy (non-hydrogen) atoms. The van der Waals surface area contributed by atoms with Crippen molar-refractivity contribution in [3.05, 3.63) is 40.5 Å². The summed E-state index contributed by atoms with van der Waals surface area (Å²) >= 11 is 1.47. The van der Waals surface area contributed by atoms with Crippen LogP contribution in [0.5, 0.6) is 0 Å². The van der Waals surface area contributed by atoms with Crippen LogP contribution in [0.1, 0.15) is 18.1 Å². The number of hydrogen-bond acceptors (Lipinski definition) is 3. The van der Waals surface area contributed by atoms with Crippen LogP contribution >= 0.6 is 11.3 Å². The molecule has 88 valence electrons. The lowest BCUT2D eigenvalue weighted by atomic mass is 10.2. The summed E-state index contributed by atoms with van der Waals surface area (Å²) in [7, 11) is 1.89. The predicted molar refractivity (Wildman–Crippen MR) is 63.4 cm³/mol. The second-order valence-electron chi connectivity index (χ2n) is 4.21. The molecule has 3 rings (SSSR count). The summed E-state index contributed by atoms with van der Waals surface area (Å²) in [5.74, 6) is 1.09. The highest BCUT2D eigenvalue weighted by atomic mass is 32.1. The van der Waals surface area contributed by atoms with Crippen molar-refractivity contribution in [3.8, 4) is 0 Å². The maximum atomic E-state index is 11.9. The molecule has 1 saturated carbocycles. The zero-order valence-corrected chi connectivity index (χ0v) is 10.2. The minimum atomic E-state index is -0.0375. The third kappa shape index (κ3) is 1.98. The number of furan rings is 1. The summed E-state index contributed by atoms with van der Waals surface area (Å²) in [6.07, 6.45) is 4.39. The molecule has 0 spiro atoms. The van der Waals surface area contributed by atoms with E-state index in [1.807, 2.05) is 35.3 Å². The number of rotatable bonds is 2. The Morgan fingerprint density at radius 3 is 3.18 bits per heavy atom. The van der Waals surface area contributed by atoms with Crippen LogP contribution in [-0.4, -0.2) is 10.5 Å². The molecule has 2 heterocycles. The topological polar surface area (TPSA) is 47.5 Å². The number of aryl methyl sites for hydroxylation is 1. The van der Waals surface area contributed by atoms with E-state index in [9.17, 15) is 4.79 Å². The first-order valence-corrected chi connectivity index (χ1v) is 6.36. The fourth-order valence-electron chi connectivity index (χ4n) is 1.90. The lowest BCUT2D eigenvalue weighted by Crippen LogP contribution is -2.13. The molecule has 2 aromatic heterocycles. The maximum absolute atomic E-state index is 11.9. The average Bonchev–Trinajstić information content (AvgIpc) is 2.73. The highest BCUT2D eigenvalue weighted by molar-refractivity contribution is 7.07. The van der Waals surface area contributed by atoms with Gasteiger partial charge < -0.3 is 8.98 Å². The van der Waals surface area contributed by atoms with Gasteiger partial charge in [0.1, 0.15) is 5.76 Å². The zero-order valence-electron chi connectivity index (χ0n) is 9.37. The molecule has 2 atom stereocenters. The molecular formula is C12H12N2O2S. The molecule has 1 fully saturated rings. The molecule has 1 aliphatic carbocycles. The number of aromatic nitrogens is 1. The molecule has 1 amide bonds. The lowest BCUT2D eigenvalue weighted by molar-refractivity contribution is -0.119. The Hall–Kier alpha value is -1.62. The molecular weight excluding hydrogens is 236 g/mol. The Kier molecular flexibility index (Phi) is 2.48. The SMILES string of the molecule is Cn1ccsc1=NC(=O)C1CC1c1ccco1. The smallest absolute Gasteiger partial charge is 0.252 e. The van der Waals surface area contributed by atoms with Crippen LogP contribution < -0.4 is 4.80 Å². The van der Waals surface area contributed by atoms with E-state index in [1.54, 1.807) is 6.26 Å². The van der Waals surface area contributed by atoms with Crippen molar-refractivity contribution in [1.82, 2.24) is 4.57 Å². The lowest BCUT2D eigenvalue weighted by Gasteiger charge is -1.92. The Balaban J connectivity index is 1.77. The van der Waals surface area contributed by atoms with Crippen molar-refractivity contribution in [3.63, 3.8) is 0 Å². The fourth-order valence-corrected chi connectivity index (χ4v) is 2.63. The van der Waals surface area contributed by atoms with E-state index in [0.717, 1.165) is 17.0 Å². The minimum Gasteiger partial charge on any atom is -0.469 e. The van der Waals surface area contributed by atoms with E-state index in [1.165, 1.54) is 11.3 Å². The number of amides is 1. The largest absolute Gasteiger partial charge is 0.469 e. The van der Waals surface area contributed by atoms with Crippen molar-refractivity contribution in [2.24, 2.45) is 18.0 Å². The number of hydrogen-bond donors (Lipinski definition) is 0. The van der Waals surface area contributed by atoms with Gasteiger partial charge in [-0.1, -0.05) is 0 Å². The van der Waals surface area contributed by atoms with E-state index in [4.69, 9.17) is 4.42 Å². The van der Waals surface area contributed by atoms with E-state index in [2.05, 4.69) is 4.99 Å². The van der Waals surface area contributed by atoms with Gasteiger partial charge >= 0.3 is 0 Å². The van der Waals surface area contributed by atoms with Gasteiger partial charge in [-0.15, -0.1) is 11.3 Å². The first-order valence-electron chi connectivity index (χ1n) is 5.48. The predicted octanol–water partition coefficient (Wildman–Crippen LogP) is 1.91. The third-order valence-corrected chi connectivity index (χ3v) is 3.83. The summed E-state index contributed by atoms with van der Waals surface area (Å²) in [5.41, 5.74) is 0. The third-order valence-electron chi connectivity index (χ3n) is 2.98. The van der Waals surface area contributed by atoms with Crippen LogP contribution in [0.4, 0.5) is 0 Å². The van der Waals surface area contributed by atoms with Crippen LogP contribution in [0.15, 0.2) is 39.4 Å². The van der Waals surface area contributed by atoms with E-state index >= 15 is 0 Å². The highest BCUT2D eigenvalue weighted by Crippen LogP contribution is 2.48. The molecule has 0 aromatic carbocycles. The summed E-state index contributed by atoms with van der Waals surface area (Å²) in [6, 6.07) is 3.77. The molecule has 0 aliphatic heterocycles. The Morgan fingerprint density at radius 1 is 1.65 bits per heavy atom. The number of nitrogens with zero attached hydrogens (tertiary/aromatic N) is 2. The van der Waals surface area contributed by atoms with Gasteiger partial charge in [-0.2, -0.15) is 4.99 Å². The zero-order chi connectivity index (χ0) is 11.8. The van der Waals surface area contributed by atoms with Gasteiger partial charge in [0.05, 0.1) is 12.2 Å². The molecule has 2 aromatic rings. The normalized spacial score (nSPS) is 23.9. The van der Waals surface area contributed by atoms with Crippen LogP contribution in [0.2, 0.25) is 0 Å². The average molecular weight is 248 g/mol. The van der Waals surface area contributed by atoms with Crippen molar-refractivity contribution >= 4 is 17.2 Å². The summed E-state index contributed by atoms with van der Waals surface area (Å²) in [4.78, 5) is 16.8. The molecule has 5 heteroatoms. The first kappa shape index (κ1) is 10.5. The molecule has 0 N–H and O–H groups in total. The maximum Gasteiger partial charge on any atom is 0.252 e. The van der Waals surface area contributed by atoms with Crippen LogP contribution in [0.25, 0.3) is 0 Å². The Labute approximate surface area is 102 Å². The quantitative estimate of drug-likeness (QED) is 0.815. The fraction of sp³-hybridized carbons (Fsp3) is 0.333. The molecule has 4 nitrogen and oxygen atoms in total. The summed E-state index contributed by atoms with van der Waals surface area (Å²) in [6.45, 7) is 0. The monoisotopic (exact) mass is 248 g/mol. The Bertz CT molecular complexity index is 594. The van der Waals surface area contributed by atoms with Gasteiger partial charge in [0.15, 0.2) is 4.80 Å². The van der Waals surface area contributed by atoms with Crippen LogP contribution in [0.3, 0.4) is 0 Å². The van der Waals surface area contributed by atoms with E-state index in [0.29, 0.717) is 0 Å². The van der Waals surface area contributed by atoms with Gasteiger partial charge in [-0.3, -0.25) is 4.79 Å². The van der Waals surface area contributed by atoms with Crippen LogP contribution in [-0.2, 0) is 11.8 Å². The second-order valence-corrected chi connectivity index (χ2v) is 5.08. The minimum absolute atomic E-state index is 0.00301. The number of carbonyl (C=O) groups is 1. The van der Waals surface area contributed by atoms with Gasteiger partial charge in [-0.25, -0.2) is 0 Å². The van der Waals surface area contributed by atoms with Crippen molar-refractivity contribution in [1.29, 1.82) is 0 Å². The van der Waals surface area contributed by atoms with Crippen molar-refractivity contribution < 1.29 is 9.21 Å². The second kappa shape index (κ2) is 4.00. The Morgan fingerprint density at radius 2 is 2.53 bits per heavy atom. The van der Waals surface area contributed by atoms with Crippen LogP contribution in [0, 0.1) is 5.92 Å². The van der Waals surface area contributed by atoms with Gasteiger partial charge in [0.25, 0.3) is 5.91 Å². The standard InChI is InChI=1S/C12H12N2O2S/c1-14-4-6-17-12(14)13-11(15)9-7-8(9)10-3-2-5-16-10/h2-6,8-9H,7H2,1H3.